The third-order valence-electron chi connectivity index (χ3n) is 8.28. The van der Waals surface area contributed by atoms with Gasteiger partial charge in [0.05, 0.1) is 54.1 Å². The number of hydrogen-bond donors (Lipinski definition) is 4. The smallest absolute Gasteiger partial charge is 0.224 e. The van der Waals surface area contributed by atoms with Gasteiger partial charge in [0.1, 0.15) is 0 Å². The van der Waals surface area contributed by atoms with E-state index < -0.39 is 6.29 Å². The van der Waals surface area contributed by atoms with Gasteiger partial charge in [-0.05, 0) is 60.4 Å². The molecule has 1 aromatic heterocycles. The summed E-state index contributed by atoms with van der Waals surface area (Å²) in [5, 5.41) is 15.3. The fraction of sp³-hybridized carbons (Fsp3) is 0.270. The summed E-state index contributed by atoms with van der Waals surface area (Å²) in [6, 6.07) is 30.4. The predicted molar refractivity (Wildman–Crippen MR) is 181 cm³/mol. The van der Waals surface area contributed by atoms with E-state index in [1.807, 2.05) is 91.3 Å². The number of nitrogens with two attached hydrogens (primary N) is 1. The second kappa shape index (κ2) is 15.0. The predicted octanol–water partition coefficient (Wildman–Crippen LogP) is 6.49. The van der Waals surface area contributed by atoms with Crippen LogP contribution in [0.5, 0.6) is 0 Å². The number of aromatic nitrogens is 2. The van der Waals surface area contributed by atoms with Crippen LogP contribution in [0.2, 0.25) is 0 Å². The monoisotopic (exact) mass is 633 g/mol. The van der Waals surface area contributed by atoms with Gasteiger partial charge in [-0.15, -0.1) is 0 Å². The molecule has 5 aromatic rings. The summed E-state index contributed by atoms with van der Waals surface area (Å²) in [4.78, 5) is 29.6. The molecule has 1 saturated heterocycles. The summed E-state index contributed by atoms with van der Waals surface area (Å²) in [6.07, 6.45) is 3.11. The Labute approximate surface area is 273 Å². The zero-order valence-corrected chi connectivity index (χ0v) is 26.0. The first-order chi connectivity index (χ1) is 22.9. The highest BCUT2D eigenvalue weighted by Crippen LogP contribution is 2.39. The van der Waals surface area contributed by atoms with E-state index in [1.54, 1.807) is 12.1 Å². The number of nitrogen functional groups attached to an aromatic ring is 1. The molecule has 0 radical (unpaired) electrons. The maximum absolute atomic E-state index is 12.8. The average molecular weight is 634 g/mol. The number of anilines is 3. The quantitative estimate of drug-likeness (QED) is 0.0909. The fourth-order valence-corrected chi connectivity index (χ4v) is 5.79. The number of nitrogens with one attached hydrogen (secondary N) is 2. The Bertz CT molecular complexity index is 1820. The standard InChI is InChI=1S/C37H39N5O5/c38-30-10-1-2-11-31(30)41-36(45)15-6-5-14-35(44)40-28-9-7-8-27(20-28)37-46-29(22-42-24-39-32-12-3-4-13-33(32)42)21-34(47-37)26-18-16-25(23-43)17-19-26/h1-4,7-13,16-20,24,29,34,37,43H,5-6,14-15,21-23,38H2,(H,40,44)(H,41,45)/t29-,34+,37+/m0/s1. The number of amides is 2. The van der Waals surface area contributed by atoms with Crippen LogP contribution in [0, 0.1) is 0 Å². The Morgan fingerprint density at radius 2 is 1.60 bits per heavy atom. The molecule has 242 valence electrons. The Morgan fingerprint density at radius 3 is 2.38 bits per heavy atom. The minimum absolute atomic E-state index is 0.0223. The molecule has 2 amide bonds. The molecule has 6 rings (SSSR count). The van der Waals surface area contributed by atoms with Crippen LogP contribution in [0.4, 0.5) is 17.1 Å². The second-order valence-electron chi connectivity index (χ2n) is 11.8. The molecule has 0 aliphatic carbocycles. The Kier molecular flexibility index (Phi) is 10.2. The third-order valence-corrected chi connectivity index (χ3v) is 8.28. The Hall–Kier alpha value is -5.03. The average Bonchev–Trinajstić information content (AvgIpc) is 3.50. The highest BCUT2D eigenvalue weighted by atomic mass is 16.7. The number of imidazole rings is 1. The first kappa shape index (κ1) is 31.9. The lowest BCUT2D eigenvalue weighted by Crippen LogP contribution is -2.32. The van der Waals surface area contributed by atoms with Crippen molar-refractivity contribution in [2.24, 2.45) is 0 Å². The van der Waals surface area contributed by atoms with Crippen molar-refractivity contribution in [1.29, 1.82) is 0 Å². The summed E-state index contributed by atoms with van der Waals surface area (Å²) in [6.45, 7) is 0.574. The number of para-hydroxylation sites is 4. The SMILES string of the molecule is Nc1ccccc1NC(=O)CCCCC(=O)Nc1cccc([C@@H]2O[C@H](Cn3cnc4ccccc43)C[C@H](c3ccc(CO)cc3)O2)c1. The molecular formula is C37H39N5O5. The number of fused-ring (bicyclic) bond motifs is 1. The molecule has 2 heterocycles. The van der Waals surface area contributed by atoms with Crippen LogP contribution in [0.25, 0.3) is 11.0 Å². The lowest BCUT2D eigenvalue weighted by atomic mass is 10.00. The van der Waals surface area contributed by atoms with Crippen molar-refractivity contribution in [3.63, 3.8) is 0 Å². The number of benzene rings is 4. The van der Waals surface area contributed by atoms with Gasteiger partial charge >= 0.3 is 0 Å². The molecule has 0 spiro atoms. The summed E-state index contributed by atoms with van der Waals surface area (Å²) in [7, 11) is 0. The number of unbranched alkanes of at least 4 members (excludes halogenated alkanes) is 1. The number of carbonyl (C=O) groups is 2. The number of aliphatic hydroxyl groups excluding tert-OH is 1. The van der Waals surface area contributed by atoms with Gasteiger partial charge in [-0.3, -0.25) is 9.59 Å². The van der Waals surface area contributed by atoms with Crippen molar-refractivity contribution in [3.05, 3.63) is 120 Å². The van der Waals surface area contributed by atoms with Crippen molar-refractivity contribution < 1.29 is 24.2 Å². The number of ether oxygens (including phenoxy) is 2. The molecule has 4 aromatic carbocycles. The number of nitrogens with zero attached hydrogens (tertiary/aromatic N) is 2. The molecule has 10 nitrogen and oxygen atoms in total. The highest BCUT2D eigenvalue weighted by molar-refractivity contribution is 5.94. The normalized spacial score (nSPS) is 17.8. The van der Waals surface area contributed by atoms with Gasteiger partial charge in [0.15, 0.2) is 6.29 Å². The zero-order valence-electron chi connectivity index (χ0n) is 26.0. The summed E-state index contributed by atoms with van der Waals surface area (Å²) in [5.74, 6) is -0.266. The van der Waals surface area contributed by atoms with Gasteiger partial charge in [-0.1, -0.05) is 60.7 Å². The number of carbonyl (C=O) groups excluding carboxylic acids is 2. The zero-order chi connectivity index (χ0) is 32.6. The van der Waals surface area contributed by atoms with E-state index in [4.69, 9.17) is 15.2 Å². The molecule has 0 unspecified atom stereocenters. The van der Waals surface area contributed by atoms with Crippen LogP contribution in [-0.2, 0) is 32.2 Å². The maximum atomic E-state index is 12.8. The minimum atomic E-state index is -0.667. The van der Waals surface area contributed by atoms with Crippen molar-refractivity contribution in [1.82, 2.24) is 9.55 Å². The molecular weight excluding hydrogens is 594 g/mol. The van der Waals surface area contributed by atoms with E-state index in [-0.39, 0.29) is 37.0 Å². The second-order valence-corrected chi connectivity index (χ2v) is 11.8. The molecule has 1 fully saturated rings. The van der Waals surface area contributed by atoms with Crippen molar-refractivity contribution in [3.8, 4) is 0 Å². The lowest BCUT2D eigenvalue weighted by Gasteiger charge is -2.36. The molecule has 5 N–H and O–H groups in total. The largest absolute Gasteiger partial charge is 0.397 e. The van der Waals surface area contributed by atoms with E-state index in [0.29, 0.717) is 49.3 Å². The van der Waals surface area contributed by atoms with E-state index in [9.17, 15) is 14.7 Å². The minimum Gasteiger partial charge on any atom is -0.397 e. The number of aliphatic hydroxyl groups is 1. The Balaban J connectivity index is 1.08. The van der Waals surface area contributed by atoms with Crippen molar-refractivity contribution in [2.75, 3.05) is 16.4 Å². The van der Waals surface area contributed by atoms with Gasteiger partial charge in [-0.2, -0.15) is 0 Å². The van der Waals surface area contributed by atoms with Crippen LogP contribution < -0.4 is 16.4 Å². The Morgan fingerprint density at radius 1 is 0.851 bits per heavy atom. The van der Waals surface area contributed by atoms with Gasteiger partial charge in [0, 0.05) is 30.5 Å². The molecule has 47 heavy (non-hydrogen) atoms. The molecule has 3 atom stereocenters. The van der Waals surface area contributed by atoms with Gasteiger partial charge in [0.25, 0.3) is 0 Å². The topological polar surface area (TPSA) is 141 Å². The molecule has 10 heteroatoms. The summed E-state index contributed by atoms with van der Waals surface area (Å²) in [5.41, 5.74) is 12.2. The van der Waals surface area contributed by atoms with Crippen LogP contribution in [-0.4, -0.2) is 32.6 Å². The first-order valence-corrected chi connectivity index (χ1v) is 15.9. The van der Waals surface area contributed by atoms with E-state index in [2.05, 4.69) is 20.2 Å². The number of hydrogen-bond acceptors (Lipinski definition) is 7. The van der Waals surface area contributed by atoms with E-state index >= 15 is 0 Å². The number of rotatable bonds is 12. The van der Waals surface area contributed by atoms with E-state index in [0.717, 1.165) is 27.7 Å². The maximum Gasteiger partial charge on any atom is 0.224 e. The van der Waals surface area contributed by atoms with Crippen molar-refractivity contribution >= 4 is 39.9 Å². The van der Waals surface area contributed by atoms with Crippen LogP contribution in [0.3, 0.4) is 0 Å². The van der Waals surface area contributed by atoms with E-state index in [1.165, 1.54) is 0 Å². The van der Waals surface area contributed by atoms with Gasteiger partial charge < -0.3 is 35.5 Å². The van der Waals surface area contributed by atoms with Crippen LogP contribution >= 0.6 is 0 Å². The highest BCUT2D eigenvalue weighted by Gasteiger charge is 2.33. The molecule has 1 aliphatic rings. The lowest BCUT2D eigenvalue weighted by molar-refractivity contribution is -0.252. The van der Waals surface area contributed by atoms with Gasteiger partial charge in [-0.25, -0.2) is 4.98 Å². The molecule has 0 bridgehead atoms. The molecule has 0 saturated carbocycles. The fourth-order valence-electron chi connectivity index (χ4n) is 5.79. The summed E-state index contributed by atoms with van der Waals surface area (Å²) < 4.78 is 15.1. The third kappa shape index (κ3) is 8.23. The first-order valence-electron chi connectivity index (χ1n) is 15.9. The van der Waals surface area contributed by atoms with Gasteiger partial charge in [0.2, 0.25) is 11.8 Å². The van der Waals surface area contributed by atoms with Crippen LogP contribution in [0.15, 0.2) is 103 Å². The van der Waals surface area contributed by atoms with Crippen molar-refractivity contribution in [2.45, 2.75) is 63.8 Å². The summed E-state index contributed by atoms with van der Waals surface area (Å²) >= 11 is 0. The van der Waals surface area contributed by atoms with Crippen LogP contribution in [0.1, 0.15) is 61.2 Å². The molecule has 1 aliphatic heterocycles.